The van der Waals surface area contributed by atoms with Crippen molar-refractivity contribution in [3.63, 3.8) is 0 Å². The number of hydrogen-bond acceptors (Lipinski definition) is 3. The van der Waals surface area contributed by atoms with Crippen LogP contribution in [0.1, 0.15) is 36.5 Å². The lowest BCUT2D eigenvalue weighted by Gasteiger charge is -2.31. The largest absolute Gasteiger partial charge is 0.484 e. The first-order chi connectivity index (χ1) is 17.0. The number of carbonyl (C=O) groups excluding carboxylic acids is 2. The van der Waals surface area contributed by atoms with Crippen molar-refractivity contribution in [1.82, 2.24) is 10.2 Å². The quantitative estimate of drug-likeness (QED) is 0.335. The molecule has 0 aromatic heterocycles. The molecule has 184 valence electrons. The van der Waals surface area contributed by atoms with Gasteiger partial charge in [-0.2, -0.15) is 0 Å². The van der Waals surface area contributed by atoms with Gasteiger partial charge in [-0.25, -0.2) is 0 Å². The van der Waals surface area contributed by atoms with Crippen molar-refractivity contribution < 1.29 is 14.3 Å². The van der Waals surface area contributed by atoms with Gasteiger partial charge in [0.05, 0.1) is 0 Å². The van der Waals surface area contributed by atoms with Crippen molar-refractivity contribution in [2.75, 3.05) is 13.2 Å². The van der Waals surface area contributed by atoms with E-state index in [1.165, 1.54) is 0 Å². The molecule has 1 unspecified atom stereocenters. The standard InChI is InChI=1S/C29H33ClN2O3/c1-3-4-16-31-29(34)27(19-23-11-6-5-7-12-23)32(20-24-13-9-14-25(30)18-24)28(33)21-35-26-15-8-10-22(2)17-26/h5-15,17-18,27H,3-4,16,19-21H2,1-2H3,(H,31,34). The molecule has 35 heavy (non-hydrogen) atoms. The SMILES string of the molecule is CCCCNC(=O)C(Cc1ccccc1)N(Cc1cccc(Cl)c1)C(=O)COc1cccc(C)c1. The molecular formula is C29H33ClN2O3. The van der Waals surface area contributed by atoms with Gasteiger partial charge in [0.2, 0.25) is 5.91 Å². The smallest absolute Gasteiger partial charge is 0.261 e. The Morgan fingerprint density at radius 3 is 2.43 bits per heavy atom. The number of benzene rings is 3. The molecule has 0 bridgehead atoms. The van der Waals surface area contributed by atoms with Gasteiger partial charge in [0.1, 0.15) is 11.8 Å². The molecule has 0 heterocycles. The number of carbonyl (C=O) groups is 2. The van der Waals surface area contributed by atoms with E-state index in [9.17, 15) is 9.59 Å². The summed E-state index contributed by atoms with van der Waals surface area (Å²) in [4.78, 5) is 28.5. The van der Waals surface area contributed by atoms with E-state index >= 15 is 0 Å². The van der Waals surface area contributed by atoms with E-state index in [0.29, 0.717) is 23.7 Å². The highest BCUT2D eigenvalue weighted by molar-refractivity contribution is 6.30. The maximum Gasteiger partial charge on any atom is 0.261 e. The topological polar surface area (TPSA) is 58.6 Å². The van der Waals surface area contributed by atoms with Crippen molar-refractivity contribution in [1.29, 1.82) is 0 Å². The molecule has 0 aliphatic heterocycles. The normalized spacial score (nSPS) is 11.5. The van der Waals surface area contributed by atoms with Crippen LogP contribution in [-0.2, 0) is 22.6 Å². The van der Waals surface area contributed by atoms with E-state index in [-0.39, 0.29) is 25.0 Å². The van der Waals surface area contributed by atoms with Crippen molar-refractivity contribution in [3.8, 4) is 5.75 Å². The molecule has 0 aliphatic rings. The minimum Gasteiger partial charge on any atom is -0.484 e. The molecular weight excluding hydrogens is 460 g/mol. The molecule has 3 rings (SSSR count). The summed E-state index contributed by atoms with van der Waals surface area (Å²) in [6.07, 6.45) is 2.25. The third-order valence-electron chi connectivity index (χ3n) is 5.69. The number of rotatable bonds is 12. The zero-order chi connectivity index (χ0) is 25.0. The lowest BCUT2D eigenvalue weighted by Crippen LogP contribution is -2.51. The molecule has 0 saturated carbocycles. The second-order valence-electron chi connectivity index (χ2n) is 8.61. The molecule has 6 heteroatoms. The molecule has 0 fully saturated rings. The Hall–Kier alpha value is -3.31. The highest BCUT2D eigenvalue weighted by atomic mass is 35.5. The fraction of sp³-hybridized carbons (Fsp3) is 0.310. The maximum absolute atomic E-state index is 13.5. The second-order valence-corrected chi connectivity index (χ2v) is 9.04. The number of amides is 2. The Morgan fingerprint density at radius 2 is 1.71 bits per heavy atom. The van der Waals surface area contributed by atoms with Crippen LogP contribution in [0.5, 0.6) is 5.75 Å². The number of aryl methyl sites for hydroxylation is 1. The predicted octanol–water partition coefficient (Wildman–Crippen LogP) is 5.58. The summed E-state index contributed by atoms with van der Waals surface area (Å²) < 4.78 is 5.82. The maximum atomic E-state index is 13.5. The van der Waals surface area contributed by atoms with Crippen LogP contribution in [0.3, 0.4) is 0 Å². The number of nitrogens with zero attached hydrogens (tertiary/aromatic N) is 1. The van der Waals surface area contributed by atoms with Gasteiger partial charge in [0, 0.05) is 24.5 Å². The molecule has 0 radical (unpaired) electrons. The van der Waals surface area contributed by atoms with Gasteiger partial charge in [-0.05, 0) is 54.3 Å². The van der Waals surface area contributed by atoms with Crippen molar-refractivity contribution in [2.45, 2.75) is 45.7 Å². The average molecular weight is 493 g/mol. The minimum atomic E-state index is -0.693. The molecule has 1 atom stereocenters. The van der Waals surface area contributed by atoms with E-state index < -0.39 is 6.04 Å². The summed E-state index contributed by atoms with van der Waals surface area (Å²) in [7, 11) is 0. The Morgan fingerprint density at radius 1 is 0.971 bits per heavy atom. The van der Waals surface area contributed by atoms with Gasteiger partial charge in [0.15, 0.2) is 6.61 Å². The zero-order valence-corrected chi connectivity index (χ0v) is 21.1. The summed E-state index contributed by atoms with van der Waals surface area (Å²) in [6.45, 7) is 4.69. The second kappa shape index (κ2) is 13.5. The number of nitrogens with one attached hydrogen (secondary N) is 1. The molecule has 5 nitrogen and oxygen atoms in total. The van der Waals surface area contributed by atoms with E-state index in [2.05, 4.69) is 12.2 Å². The Labute approximate surface area is 213 Å². The van der Waals surface area contributed by atoms with Gasteiger partial charge in [-0.1, -0.05) is 79.5 Å². The van der Waals surface area contributed by atoms with Crippen LogP contribution in [0.25, 0.3) is 0 Å². The average Bonchev–Trinajstić information content (AvgIpc) is 2.85. The van der Waals surface area contributed by atoms with Crippen molar-refractivity contribution in [3.05, 3.63) is 101 Å². The first-order valence-corrected chi connectivity index (χ1v) is 12.4. The molecule has 0 aliphatic carbocycles. The Bertz CT molecular complexity index is 1100. The highest BCUT2D eigenvalue weighted by Crippen LogP contribution is 2.19. The first kappa shape index (κ1) is 26.3. The van der Waals surface area contributed by atoms with Crippen molar-refractivity contribution in [2.24, 2.45) is 0 Å². The summed E-state index contributed by atoms with van der Waals surface area (Å²) >= 11 is 6.21. The number of ether oxygens (including phenoxy) is 1. The van der Waals surface area contributed by atoms with Crippen molar-refractivity contribution >= 4 is 23.4 Å². The fourth-order valence-corrected chi connectivity index (χ4v) is 4.04. The van der Waals surface area contributed by atoms with E-state index in [1.807, 2.05) is 79.7 Å². The minimum absolute atomic E-state index is 0.169. The predicted molar refractivity (Wildman–Crippen MR) is 141 cm³/mol. The summed E-state index contributed by atoms with van der Waals surface area (Å²) in [6, 6.07) is 24.0. The van der Waals surface area contributed by atoms with Crippen LogP contribution in [0.2, 0.25) is 5.02 Å². The van der Waals surface area contributed by atoms with Crippen LogP contribution in [-0.4, -0.2) is 35.9 Å². The van der Waals surface area contributed by atoms with Gasteiger partial charge >= 0.3 is 0 Å². The van der Waals surface area contributed by atoms with Gasteiger partial charge in [0.25, 0.3) is 5.91 Å². The summed E-state index contributed by atoms with van der Waals surface area (Å²) in [5.41, 5.74) is 2.87. The number of hydrogen-bond donors (Lipinski definition) is 1. The summed E-state index contributed by atoms with van der Waals surface area (Å²) in [5, 5.41) is 3.60. The van der Waals surface area contributed by atoms with Crippen LogP contribution in [0, 0.1) is 6.92 Å². The molecule has 1 N–H and O–H groups in total. The van der Waals surface area contributed by atoms with Gasteiger partial charge < -0.3 is 15.0 Å². The number of unbranched alkanes of at least 4 members (excludes halogenated alkanes) is 1. The lowest BCUT2D eigenvalue weighted by molar-refractivity contribution is -0.142. The number of halogens is 1. The van der Waals surface area contributed by atoms with E-state index in [1.54, 1.807) is 11.0 Å². The van der Waals surface area contributed by atoms with E-state index in [0.717, 1.165) is 29.5 Å². The van der Waals surface area contributed by atoms with E-state index in [4.69, 9.17) is 16.3 Å². The molecule has 2 amide bonds. The van der Waals surface area contributed by atoms with Crippen LogP contribution >= 0.6 is 11.6 Å². The van der Waals surface area contributed by atoms with Gasteiger partial charge in [-0.3, -0.25) is 9.59 Å². The zero-order valence-electron chi connectivity index (χ0n) is 20.4. The van der Waals surface area contributed by atoms with Gasteiger partial charge in [-0.15, -0.1) is 0 Å². The Balaban J connectivity index is 1.88. The monoisotopic (exact) mass is 492 g/mol. The molecule has 3 aromatic rings. The molecule has 0 saturated heterocycles. The molecule has 3 aromatic carbocycles. The van der Waals surface area contributed by atoms with Crippen LogP contribution in [0.4, 0.5) is 0 Å². The highest BCUT2D eigenvalue weighted by Gasteiger charge is 2.30. The first-order valence-electron chi connectivity index (χ1n) is 12.0. The third kappa shape index (κ3) is 8.45. The lowest BCUT2D eigenvalue weighted by atomic mass is 10.0. The summed E-state index contributed by atoms with van der Waals surface area (Å²) in [5.74, 6) is 0.180. The van der Waals surface area contributed by atoms with Crippen LogP contribution in [0.15, 0.2) is 78.9 Å². The third-order valence-corrected chi connectivity index (χ3v) is 5.93. The molecule has 0 spiro atoms. The van der Waals surface area contributed by atoms with Crippen LogP contribution < -0.4 is 10.1 Å². The Kier molecular flexibility index (Phi) is 10.2. The fourth-order valence-electron chi connectivity index (χ4n) is 3.83.